The predicted molar refractivity (Wildman–Crippen MR) is 80.4 cm³/mol. The van der Waals surface area contributed by atoms with E-state index in [1.807, 2.05) is 18.2 Å². The van der Waals surface area contributed by atoms with E-state index in [2.05, 4.69) is 39.9 Å². The Balaban J connectivity index is 1.78. The molecule has 1 aliphatic heterocycles. The van der Waals surface area contributed by atoms with Crippen molar-refractivity contribution in [2.24, 2.45) is 5.92 Å². The van der Waals surface area contributed by atoms with Gasteiger partial charge >= 0.3 is 0 Å². The zero-order valence-electron chi connectivity index (χ0n) is 11.3. The third-order valence-electron chi connectivity index (χ3n) is 4.64. The van der Waals surface area contributed by atoms with Crippen LogP contribution in [0, 0.1) is 5.92 Å². The summed E-state index contributed by atoms with van der Waals surface area (Å²) in [5.74, 6) is 1.01. The van der Waals surface area contributed by atoms with Gasteiger partial charge in [0.05, 0.1) is 5.41 Å². The zero-order chi connectivity index (χ0) is 13.5. The quantitative estimate of drug-likeness (QED) is 0.765. The maximum absolute atomic E-state index is 12.8. The van der Waals surface area contributed by atoms with Crippen LogP contribution in [0.4, 0.5) is 0 Å². The van der Waals surface area contributed by atoms with Crippen molar-refractivity contribution in [3.05, 3.63) is 35.9 Å². The fourth-order valence-electron chi connectivity index (χ4n) is 3.02. The Hall–Kier alpha value is -0.830. The Morgan fingerprint density at radius 1 is 1.32 bits per heavy atom. The Kier molecular flexibility index (Phi) is 3.42. The van der Waals surface area contributed by atoms with Gasteiger partial charge in [0, 0.05) is 17.9 Å². The van der Waals surface area contributed by atoms with Gasteiger partial charge in [0.2, 0.25) is 5.91 Å². The second-order valence-electron chi connectivity index (χ2n) is 5.98. The number of amides is 1. The highest BCUT2D eigenvalue weighted by Gasteiger charge is 2.53. The van der Waals surface area contributed by atoms with Gasteiger partial charge in [-0.3, -0.25) is 4.79 Å². The van der Waals surface area contributed by atoms with Crippen LogP contribution in [-0.4, -0.2) is 28.7 Å². The number of halogens is 1. The molecule has 2 nitrogen and oxygen atoms in total. The second-order valence-corrected chi connectivity index (χ2v) is 7.16. The lowest BCUT2D eigenvalue weighted by molar-refractivity contribution is -0.135. The van der Waals surface area contributed by atoms with E-state index in [1.165, 1.54) is 5.56 Å². The van der Waals surface area contributed by atoms with Crippen LogP contribution in [0.25, 0.3) is 0 Å². The molecule has 102 valence electrons. The summed E-state index contributed by atoms with van der Waals surface area (Å²) < 4.78 is 0. The summed E-state index contributed by atoms with van der Waals surface area (Å²) in [5.41, 5.74) is 0.999. The van der Waals surface area contributed by atoms with Crippen LogP contribution in [-0.2, 0) is 10.2 Å². The van der Waals surface area contributed by atoms with Crippen LogP contribution < -0.4 is 0 Å². The van der Waals surface area contributed by atoms with Crippen LogP contribution in [0.1, 0.15) is 31.7 Å². The molecule has 1 aliphatic carbocycles. The van der Waals surface area contributed by atoms with E-state index in [-0.39, 0.29) is 5.41 Å². The van der Waals surface area contributed by atoms with Gasteiger partial charge in [-0.05, 0) is 30.7 Å². The summed E-state index contributed by atoms with van der Waals surface area (Å²) in [4.78, 5) is 15.4. The monoisotopic (exact) mass is 321 g/mol. The molecule has 0 aromatic heterocycles. The molecule has 2 aliphatic rings. The molecule has 0 bridgehead atoms. The standard InChI is InChI=1S/C16H20BrNO/c1-12-7-10-18(11-14(12)17)15(19)16(8-9-16)13-5-3-2-4-6-13/h2-6,12,14H,7-11H2,1H3. The molecule has 3 heteroatoms. The zero-order valence-corrected chi connectivity index (χ0v) is 12.9. The number of hydrogen-bond donors (Lipinski definition) is 0. The first-order valence-electron chi connectivity index (χ1n) is 7.12. The number of carbonyl (C=O) groups is 1. The number of likely N-dealkylation sites (tertiary alicyclic amines) is 1. The largest absolute Gasteiger partial charge is 0.341 e. The number of carbonyl (C=O) groups excluding carboxylic acids is 1. The summed E-state index contributed by atoms with van der Waals surface area (Å²) in [5, 5.41) is 0. The smallest absolute Gasteiger partial charge is 0.233 e. The van der Waals surface area contributed by atoms with Crippen LogP contribution in [0.15, 0.2) is 30.3 Å². The first-order valence-corrected chi connectivity index (χ1v) is 8.04. The molecule has 1 aromatic rings. The van der Waals surface area contributed by atoms with Gasteiger partial charge in [-0.25, -0.2) is 0 Å². The molecular weight excluding hydrogens is 302 g/mol. The van der Waals surface area contributed by atoms with Gasteiger partial charge in [0.15, 0.2) is 0 Å². The highest BCUT2D eigenvalue weighted by Crippen LogP contribution is 2.50. The summed E-state index contributed by atoms with van der Waals surface area (Å²) in [6.07, 6.45) is 3.12. The summed E-state index contributed by atoms with van der Waals surface area (Å²) in [7, 11) is 0. The third-order valence-corrected chi connectivity index (χ3v) is 5.83. The van der Waals surface area contributed by atoms with E-state index in [4.69, 9.17) is 0 Å². The van der Waals surface area contributed by atoms with Crippen molar-refractivity contribution in [3.8, 4) is 0 Å². The minimum absolute atomic E-state index is 0.200. The lowest BCUT2D eigenvalue weighted by Crippen LogP contribution is -2.47. The maximum Gasteiger partial charge on any atom is 0.233 e. The van der Waals surface area contributed by atoms with Crippen molar-refractivity contribution >= 4 is 21.8 Å². The Labute approximate surface area is 123 Å². The third kappa shape index (κ3) is 2.33. The molecule has 1 aromatic carbocycles. The summed E-state index contributed by atoms with van der Waals surface area (Å²) in [6.45, 7) is 4.02. The molecule has 1 amide bonds. The second kappa shape index (κ2) is 4.93. The van der Waals surface area contributed by atoms with E-state index in [0.717, 1.165) is 32.4 Å². The Morgan fingerprint density at radius 2 is 2.00 bits per heavy atom. The lowest BCUT2D eigenvalue weighted by Gasteiger charge is -2.36. The number of benzene rings is 1. The number of rotatable bonds is 2. The van der Waals surface area contributed by atoms with Gasteiger partial charge in [0.25, 0.3) is 0 Å². The van der Waals surface area contributed by atoms with E-state index < -0.39 is 0 Å². The summed E-state index contributed by atoms with van der Waals surface area (Å²) in [6, 6.07) is 10.3. The molecule has 1 heterocycles. The van der Waals surface area contributed by atoms with Crippen LogP contribution >= 0.6 is 15.9 Å². The van der Waals surface area contributed by atoms with Crippen molar-refractivity contribution in [2.75, 3.05) is 13.1 Å². The number of alkyl halides is 1. The van der Waals surface area contributed by atoms with Crippen molar-refractivity contribution in [1.29, 1.82) is 0 Å². The van der Waals surface area contributed by atoms with Gasteiger partial charge in [-0.1, -0.05) is 53.2 Å². The molecular formula is C16H20BrNO. The molecule has 2 unspecified atom stereocenters. The van der Waals surface area contributed by atoms with E-state index in [9.17, 15) is 4.79 Å². The van der Waals surface area contributed by atoms with Crippen molar-refractivity contribution < 1.29 is 4.79 Å². The van der Waals surface area contributed by atoms with Crippen LogP contribution in [0.3, 0.4) is 0 Å². The molecule has 3 rings (SSSR count). The van der Waals surface area contributed by atoms with Crippen LogP contribution in [0.5, 0.6) is 0 Å². The van der Waals surface area contributed by atoms with Gasteiger partial charge in [-0.15, -0.1) is 0 Å². The maximum atomic E-state index is 12.8. The average molecular weight is 322 g/mol. The average Bonchev–Trinajstić information content (AvgIpc) is 3.24. The fraction of sp³-hybridized carbons (Fsp3) is 0.562. The fourth-order valence-corrected chi connectivity index (χ4v) is 3.63. The number of hydrogen-bond acceptors (Lipinski definition) is 1. The summed E-state index contributed by atoms with van der Waals surface area (Å²) >= 11 is 3.71. The van der Waals surface area contributed by atoms with E-state index in [0.29, 0.717) is 16.7 Å². The highest BCUT2D eigenvalue weighted by molar-refractivity contribution is 9.09. The van der Waals surface area contributed by atoms with E-state index in [1.54, 1.807) is 0 Å². The molecule has 0 spiro atoms. The van der Waals surface area contributed by atoms with Crippen LogP contribution in [0.2, 0.25) is 0 Å². The van der Waals surface area contributed by atoms with Crippen molar-refractivity contribution in [2.45, 2.75) is 36.4 Å². The minimum Gasteiger partial charge on any atom is -0.341 e. The molecule has 0 radical (unpaired) electrons. The molecule has 2 atom stereocenters. The molecule has 1 saturated carbocycles. The topological polar surface area (TPSA) is 20.3 Å². The first-order chi connectivity index (χ1) is 9.13. The number of nitrogens with zero attached hydrogens (tertiary/aromatic N) is 1. The molecule has 1 saturated heterocycles. The molecule has 2 fully saturated rings. The normalized spacial score (nSPS) is 29.1. The first kappa shape index (κ1) is 13.2. The highest BCUT2D eigenvalue weighted by atomic mass is 79.9. The Morgan fingerprint density at radius 3 is 2.58 bits per heavy atom. The SMILES string of the molecule is CC1CCN(C(=O)C2(c3ccccc3)CC2)CC1Br. The van der Waals surface area contributed by atoms with Gasteiger partial charge in [0.1, 0.15) is 0 Å². The van der Waals surface area contributed by atoms with E-state index >= 15 is 0 Å². The molecule has 0 N–H and O–H groups in total. The lowest BCUT2D eigenvalue weighted by atomic mass is 9.92. The minimum atomic E-state index is -0.200. The van der Waals surface area contributed by atoms with Crippen molar-refractivity contribution in [1.82, 2.24) is 4.90 Å². The Bertz CT molecular complexity index is 469. The van der Waals surface area contributed by atoms with Crippen molar-refractivity contribution in [3.63, 3.8) is 0 Å². The number of piperidine rings is 1. The molecule has 19 heavy (non-hydrogen) atoms. The van der Waals surface area contributed by atoms with Gasteiger partial charge < -0.3 is 4.90 Å². The predicted octanol–water partition coefficient (Wildman–Crippen LogP) is 3.35. The van der Waals surface area contributed by atoms with Gasteiger partial charge in [-0.2, -0.15) is 0 Å².